The minimum atomic E-state index is -1.26. The fourth-order valence-corrected chi connectivity index (χ4v) is 5.37. The van der Waals surface area contributed by atoms with Gasteiger partial charge >= 0.3 is 5.97 Å². The van der Waals surface area contributed by atoms with Crippen LogP contribution in [-0.4, -0.2) is 43.1 Å². The summed E-state index contributed by atoms with van der Waals surface area (Å²) in [6.45, 7) is 7.56. The summed E-state index contributed by atoms with van der Waals surface area (Å²) in [5, 5.41) is 9.96. The molecule has 1 aliphatic heterocycles. The molecule has 0 spiro atoms. The Morgan fingerprint density at radius 1 is 1.11 bits per heavy atom. The third kappa shape index (κ3) is 5.34. The average molecular weight is 483 g/mol. The van der Waals surface area contributed by atoms with Crippen molar-refractivity contribution in [3.05, 3.63) is 46.5 Å². The third-order valence-electron chi connectivity index (χ3n) is 7.60. The van der Waals surface area contributed by atoms with Crippen molar-refractivity contribution >= 4 is 5.97 Å². The average Bonchev–Trinajstić information content (AvgIpc) is 3.38. The smallest absolute Gasteiger partial charge is 0.348 e. The van der Waals surface area contributed by atoms with Gasteiger partial charge in [-0.05, 0) is 73.1 Å². The minimum Gasteiger partial charge on any atom is -0.496 e. The van der Waals surface area contributed by atoms with E-state index in [1.165, 1.54) is 18.4 Å². The van der Waals surface area contributed by atoms with Crippen LogP contribution in [0.2, 0.25) is 0 Å². The van der Waals surface area contributed by atoms with Gasteiger partial charge in [-0.2, -0.15) is 0 Å². The van der Waals surface area contributed by atoms with E-state index in [4.69, 9.17) is 18.9 Å². The van der Waals surface area contributed by atoms with Crippen LogP contribution in [0.1, 0.15) is 67.7 Å². The highest BCUT2D eigenvalue weighted by molar-refractivity contribution is 5.79. The van der Waals surface area contributed by atoms with E-state index in [9.17, 15) is 9.90 Å². The Kier molecular flexibility index (Phi) is 8.02. The summed E-state index contributed by atoms with van der Waals surface area (Å²) in [6, 6.07) is 8.12. The lowest BCUT2D eigenvalue weighted by Crippen LogP contribution is -2.49. The molecule has 6 heteroatoms. The fraction of sp³-hybridized carbons (Fsp3) is 0.552. The van der Waals surface area contributed by atoms with Gasteiger partial charge in [-0.1, -0.05) is 31.9 Å². The van der Waals surface area contributed by atoms with E-state index in [0.29, 0.717) is 38.4 Å². The van der Waals surface area contributed by atoms with Crippen molar-refractivity contribution in [3.8, 4) is 22.6 Å². The normalized spacial score (nSPS) is 17.9. The maximum atomic E-state index is 12.2. The third-order valence-corrected chi connectivity index (χ3v) is 7.60. The zero-order chi connectivity index (χ0) is 25.0. The molecule has 0 aromatic heterocycles. The van der Waals surface area contributed by atoms with E-state index in [1.54, 1.807) is 7.11 Å². The van der Waals surface area contributed by atoms with Crippen LogP contribution in [0.3, 0.4) is 0 Å². The van der Waals surface area contributed by atoms with Crippen LogP contribution in [0, 0.1) is 13.8 Å². The Balaban J connectivity index is 1.75. The molecule has 4 rings (SSSR count). The molecule has 1 N–H and O–H groups in total. The van der Waals surface area contributed by atoms with Crippen molar-refractivity contribution in [2.24, 2.45) is 0 Å². The first-order valence-electron chi connectivity index (χ1n) is 12.8. The monoisotopic (exact) mass is 482 g/mol. The van der Waals surface area contributed by atoms with Gasteiger partial charge in [-0.3, -0.25) is 0 Å². The highest BCUT2D eigenvalue weighted by atomic mass is 16.5. The van der Waals surface area contributed by atoms with Crippen LogP contribution in [0.15, 0.2) is 24.3 Å². The van der Waals surface area contributed by atoms with E-state index in [1.807, 2.05) is 18.2 Å². The lowest BCUT2D eigenvalue weighted by atomic mass is 9.89. The molecule has 0 unspecified atom stereocenters. The molecule has 0 amide bonds. The molecular formula is C29H38O6. The first kappa shape index (κ1) is 25.5. The zero-order valence-electron chi connectivity index (χ0n) is 21.4. The number of methoxy groups -OCH3 is 1. The molecule has 6 nitrogen and oxygen atoms in total. The second-order valence-corrected chi connectivity index (χ2v) is 9.78. The van der Waals surface area contributed by atoms with Gasteiger partial charge in [-0.15, -0.1) is 0 Å². The standard InChI is InChI=1S/C29H38O6/c1-5-24-26(16-19(2)20(3)27(24)32-4)25-11-10-23(17-21(25)18-34-22-8-6-7-9-22)35-29(28(30)31)12-14-33-15-13-29/h10-11,16-17,22H,5-9,12-15,18H2,1-4H3,(H,30,31). The van der Waals surface area contributed by atoms with E-state index in [0.717, 1.165) is 52.8 Å². The van der Waals surface area contributed by atoms with Crippen molar-refractivity contribution in [3.63, 3.8) is 0 Å². The Bertz CT molecular complexity index is 1050. The molecule has 2 fully saturated rings. The number of ether oxygens (including phenoxy) is 4. The summed E-state index contributed by atoms with van der Waals surface area (Å²) in [6.07, 6.45) is 6.35. The molecule has 35 heavy (non-hydrogen) atoms. The SMILES string of the molecule is CCc1c(-c2ccc(OC3(C(=O)O)CCOCC3)cc2COC2CCCC2)cc(C)c(C)c1OC. The van der Waals surface area contributed by atoms with Gasteiger partial charge in [-0.25, -0.2) is 4.79 Å². The number of carbonyl (C=O) groups is 1. The predicted octanol–water partition coefficient (Wildman–Crippen LogP) is 6.01. The molecule has 0 radical (unpaired) electrons. The number of carboxylic acids is 1. The van der Waals surface area contributed by atoms with Crippen molar-refractivity contribution in [1.82, 2.24) is 0 Å². The van der Waals surface area contributed by atoms with Gasteiger partial charge in [0.05, 0.1) is 33.0 Å². The number of hydrogen-bond donors (Lipinski definition) is 1. The summed E-state index contributed by atoms with van der Waals surface area (Å²) >= 11 is 0. The molecular weight excluding hydrogens is 444 g/mol. The van der Waals surface area contributed by atoms with Gasteiger partial charge in [0.1, 0.15) is 11.5 Å². The Morgan fingerprint density at radius 2 is 1.83 bits per heavy atom. The molecule has 1 saturated carbocycles. The molecule has 2 aromatic carbocycles. The van der Waals surface area contributed by atoms with Gasteiger partial charge in [0.25, 0.3) is 0 Å². The Morgan fingerprint density at radius 3 is 2.46 bits per heavy atom. The van der Waals surface area contributed by atoms with Crippen LogP contribution in [0.25, 0.3) is 11.1 Å². The van der Waals surface area contributed by atoms with Crippen LogP contribution in [0.5, 0.6) is 11.5 Å². The maximum absolute atomic E-state index is 12.2. The van der Waals surface area contributed by atoms with Crippen molar-refractivity contribution in [2.45, 2.75) is 84.0 Å². The lowest BCUT2D eigenvalue weighted by molar-refractivity contribution is -0.163. The van der Waals surface area contributed by atoms with Crippen molar-refractivity contribution < 1.29 is 28.8 Å². The van der Waals surface area contributed by atoms with Gasteiger partial charge < -0.3 is 24.1 Å². The number of benzene rings is 2. The first-order chi connectivity index (χ1) is 16.9. The highest BCUT2D eigenvalue weighted by Gasteiger charge is 2.43. The second-order valence-electron chi connectivity index (χ2n) is 9.78. The molecule has 2 aliphatic rings. The summed E-state index contributed by atoms with van der Waals surface area (Å²) < 4.78 is 23.7. The summed E-state index contributed by atoms with van der Waals surface area (Å²) in [4.78, 5) is 12.2. The molecule has 2 aromatic rings. The van der Waals surface area contributed by atoms with Crippen molar-refractivity contribution in [1.29, 1.82) is 0 Å². The predicted molar refractivity (Wildman–Crippen MR) is 135 cm³/mol. The zero-order valence-corrected chi connectivity index (χ0v) is 21.4. The highest BCUT2D eigenvalue weighted by Crippen LogP contribution is 2.40. The summed E-state index contributed by atoms with van der Waals surface area (Å²) in [7, 11) is 1.73. The van der Waals surface area contributed by atoms with E-state index in [-0.39, 0.29) is 6.10 Å². The number of aliphatic carboxylic acids is 1. The Labute approximate surface area is 208 Å². The number of rotatable bonds is 9. The van der Waals surface area contributed by atoms with Gasteiger partial charge in [0, 0.05) is 18.4 Å². The van der Waals surface area contributed by atoms with Crippen LogP contribution >= 0.6 is 0 Å². The van der Waals surface area contributed by atoms with Crippen LogP contribution in [0.4, 0.5) is 0 Å². The van der Waals surface area contributed by atoms with Crippen molar-refractivity contribution in [2.75, 3.05) is 20.3 Å². The molecule has 0 atom stereocenters. The first-order valence-corrected chi connectivity index (χ1v) is 12.8. The molecule has 1 saturated heterocycles. The molecule has 190 valence electrons. The van der Waals surface area contributed by atoms with E-state index >= 15 is 0 Å². The largest absolute Gasteiger partial charge is 0.496 e. The fourth-order valence-electron chi connectivity index (χ4n) is 5.37. The van der Waals surface area contributed by atoms with Crippen LogP contribution in [-0.2, 0) is 27.3 Å². The van der Waals surface area contributed by atoms with E-state index < -0.39 is 11.6 Å². The minimum absolute atomic E-state index is 0.271. The molecule has 0 bridgehead atoms. The van der Waals surface area contributed by atoms with Gasteiger partial charge in [0.15, 0.2) is 0 Å². The second kappa shape index (κ2) is 11.0. The Hall–Kier alpha value is -2.57. The van der Waals surface area contributed by atoms with E-state index in [2.05, 4.69) is 26.8 Å². The quantitative estimate of drug-likeness (QED) is 0.472. The molecule has 1 aliphatic carbocycles. The maximum Gasteiger partial charge on any atom is 0.348 e. The topological polar surface area (TPSA) is 74.2 Å². The lowest BCUT2D eigenvalue weighted by Gasteiger charge is -2.33. The van der Waals surface area contributed by atoms with Gasteiger partial charge in [0.2, 0.25) is 5.60 Å². The number of hydrogen-bond acceptors (Lipinski definition) is 5. The molecule has 1 heterocycles. The summed E-state index contributed by atoms with van der Waals surface area (Å²) in [5.41, 5.74) is 5.43. The van der Waals surface area contributed by atoms with Crippen LogP contribution < -0.4 is 9.47 Å². The number of aryl methyl sites for hydroxylation is 1. The number of carboxylic acid groups (broad SMARTS) is 1. The summed E-state index contributed by atoms with van der Waals surface area (Å²) in [5.74, 6) is 0.537.